The van der Waals surface area contributed by atoms with Crippen molar-refractivity contribution < 1.29 is 4.39 Å². The third-order valence-corrected chi connectivity index (χ3v) is 3.78. The van der Waals surface area contributed by atoms with Crippen molar-refractivity contribution in [1.29, 1.82) is 0 Å². The first-order valence-corrected chi connectivity index (χ1v) is 6.77. The lowest BCUT2D eigenvalue weighted by Crippen LogP contribution is -2.38. The average Bonchev–Trinajstić information content (AvgIpc) is 3.22. The molecule has 0 bridgehead atoms. The summed E-state index contributed by atoms with van der Waals surface area (Å²) in [4.78, 5) is 10.2. The summed E-state index contributed by atoms with van der Waals surface area (Å²) < 4.78 is 12.7. The SMILES string of the molecule is Fc1cnc(N2CCC(CNC3CC3)CC2)nc1. The number of hydrogen-bond donors (Lipinski definition) is 1. The van der Waals surface area contributed by atoms with Crippen LogP contribution in [0.3, 0.4) is 0 Å². The van der Waals surface area contributed by atoms with Crippen LogP contribution < -0.4 is 10.2 Å². The Kier molecular flexibility index (Phi) is 3.41. The molecule has 0 aromatic carbocycles. The summed E-state index contributed by atoms with van der Waals surface area (Å²) in [5.74, 6) is 1.05. The van der Waals surface area contributed by atoms with Gasteiger partial charge >= 0.3 is 0 Å². The molecule has 0 atom stereocenters. The highest BCUT2D eigenvalue weighted by Crippen LogP contribution is 2.23. The Morgan fingerprint density at radius 1 is 1.17 bits per heavy atom. The number of nitrogens with zero attached hydrogens (tertiary/aromatic N) is 3. The predicted octanol–water partition coefficient (Wildman–Crippen LogP) is 1.58. The number of rotatable bonds is 4. The molecule has 1 aliphatic carbocycles. The molecule has 1 aromatic heterocycles. The van der Waals surface area contributed by atoms with Crippen LogP contribution in [0.25, 0.3) is 0 Å². The smallest absolute Gasteiger partial charge is 0.225 e. The lowest BCUT2D eigenvalue weighted by molar-refractivity contribution is 0.379. The van der Waals surface area contributed by atoms with Gasteiger partial charge in [0.1, 0.15) is 0 Å². The summed E-state index contributed by atoms with van der Waals surface area (Å²) in [6.07, 6.45) is 7.51. The van der Waals surface area contributed by atoms with Crippen molar-refractivity contribution in [2.45, 2.75) is 31.7 Å². The van der Waals surface area contributed by atoms with Gasteiger partial charge in [0.05, 0.1) is 12.4 Å². The third-order valence-electron chi connectivity index (χ3n) is 3.78. The van der Waals surface area contributed by atoms with Crippen LogP contribution in [0.2, 0.25) is 0 Å². The van der Waals surface area contributed by atoms with Crippen molar-refractivity contribution in [1.82, 2.24) is 15.3 Å². The minimum Gasteiger partial charge on any atom is -0.341 e. The van der Waals surface area contributed by atoms with Gasteiger partial charge < -0.3 is 10.2 Å². The number of piperidine rings is 1. The van der Waals surface area contributed by atoms with Crippen LogP contribution in [0.1, 0.15) is 25.7 Å². The van der Waals surface area contributed by atoms with E-state index in [2.05, 4.69) is 20.2 Å². The molecular formula is C13H19FN4. The summed E-state index contributed by atoms with van der Waals surface area (Å²) in [5.41, 5.74) is 0. The number of anilines is 1. The van der Waals surface area contributed by atoms with E-state index in [0.29, 0.717) is 5.95 Å². The lowest BCUT2D eigenvalue weighted by Gasteiger charge is -2.32. The van der Waals surface area contributed by atoms with Crippen molar-refractivity contribution >= 4 is 5.95 Å². The molecule has 1 aromatic rings. The van der Waals surface area contributed by atoms with Gasteiger partial charge in [-0.2, -0.15) is 0 Å². The van der Waals surface area contributed by atoms with Crippen molar-refractivity contribution in [3.63, 3.8) is 0 Å². The van der Waals surface area contributed by atoms with Crippen molar-refractivity contribution in [3.8, 4) is 0 Å². The molecule has 98 valence electrons. The van der Waals surface area contributed by atoms with Crippen molar-refractivity contribution in [2.75, 3.05) is 24.5 Å². The van der Waals surface area contributed by atoms with Gasteiger partial charge in [-0.25, -0.2) is 14.4 Å². The largest absolute Gasteiger partial charge is 0.341 e. The van der Waals surface area contributed by atoms with Gasteiger partial charge in [0.15, 0.2) is 5.82 Å². The summed E-state index contributed by atoms with van der Waals surface area (Å²) >= 11 is 0. The maximum absolute atomic E-state index is 12.7. The van der Waals surface area contributed by atoms with E-state index in [9.17, 15) is 4.39 Å². The molecule has 2 fully saturated rings. The Morgan fingerprint density at radius 2 is 1.83 bits per heavy atom. The Balaban J connectivity index is 1.48. The second kappa shape index (κ2) is 5.18. The molecule has 2 aliphatic rings. The third kappa shape index (κ3) is 2.96. The first-order valence-electron chi connectivity index (χ1n) is 6.77. The van der Waals surface area contributed by atoms with Gasteiger partial charge in [0.2, 0.25) is 5.95 Å². The van der Waals surface area contributed by atoms with E-state index < -0.39 is 0 Å². The van der Waals surface area contributed by atoms with Crippen LogP contribution in [0, 0.1) is 11.7 Å². The number of aromatic nitrogens is 2. The molecule has 0 spiro atoms. The molecule has 18 heavy (non-hydrogen) atoms. The van der Waals surface area contributed by atoms with E-state index in [1.807, 2.05) is 0 Å². The van der Waals surface area contributed by atoms with Gasteiger partial charge in [0, 0.05) is 19.1 Å². The van der Waals surface area contributed by atoms with Gasteiger partial charge in [-0.3, -0.25) is 0 Å². The molecule has 0 radical (unpaired) electrons. The second-order valence-corrected chi connectivity index (χ2v) is 5.31. The topological polar surface area (TPSA) is 41.1 Å². The minimum atomic E-state index is -0.373. The van der Waals surface area contributed by atoms with E-state index in [0.717, 1.165) is 31.6 Å². The van der Waals surface area contributed by atoms with Crippen molar-refractivity contribution in [2.24, 2.45) is 5.92 Å². The quantitative estimate of drug-likeness (QED) is 0.881. The molecule has 1 N–H and O–H groups in total. The normalized spacial score (nSPS) is 21.3. The number of halogens is 1. The fourth-order valence-electron chi connectivity index (χ4n) is 2.43. The molecule has 5 heteroatoms. The van der Waals surface area contributed by atoms with Crippen LogP contribution in [-0.4, -0.2) is 35.6 Å². The number of nitrogens with one attached hydrogen (secondary N) is 1. The molecule has 0 unspecified atom stereocenters. The Bertz CT molecular complexity index is 382. The highest BCUT2D eigenvalue weighted by molar-refractivity contribution is 5.29. The maximum atomic E-state index is 12.7. The highest BCUT2D eigenvalue weighted by atomic mass is 19.1. The minimum absolute atomic E-state index is 0.373. The zero-order chi connectivity index (χ0) is 12.4. The first kappa shape index (κ1) is 11.8. The molecule has 1 saturated carbocycles. The Hall–Kier alpha value is -1.23. The van der Waals surface area contributed by atoms with E-state index in [1.165, 1.54) is 38.1 Å². The van der Waals surface area contributed by atoms with Crippen LogP contribution in [-0.2, 0) is 0 Å². The van der Waals surface area contributed by atoms with Gasteiger partial charge in [-0.05, 0) is 38.1 Å². The number of hydrogen-bond acceptors (Lipinski definition) is 4. The van der Waals surface area contributed by atoms with Crippen LogP contribution in [0.15, 0.2) is 12.4 Å². The van der Waals surface area contributed by atoms with E-state index in [-0.39, 0.29) is 5.82 Å². The van der Waals surface area contributed by atoms with Crippen molar-refractivity contribution in [3.05, 3.63) is 18.2 Å². The van der Waals surface area contributed by atoms with Gasteiger partial charge in [-0.1, -0.05) is 0 Å². The molecule has 1 aliphatic heterocycles. The lowest BCUT2D eigenvalue weighted by atomic mass is 9.97. The Morgan fingerprint density at radius 3 is 2.44 bits per heavy atom. The fraction of sp³-hybridized carbons (Fsp3) is 0.692. The molecule has 3 rings (SSSR count). The van der Waals surface area contributed by atoms with E-state index in [4.69, 9.17) is 0 Å². The second-order valence-electron chi connectivity index (χ2n) is 5.31. The molecule has 2 heterocycles. The summed E-state index contributed by atoms with van der Waals surface area (Å²) in [6.45, 7) is 3.09. The van der Waals surface area contributed by atoms with Crippen LogP contribution >= 0.6 is 0 Å². The molecule has 0 amide bonds. The van der Waals surface area contributed by atoms with E-state index in [1.54, 1.807) is 0 Å². The average molecular weight is 250 g/mol. The zero-order valence-corrected chi connectivity index (χ0v) is 10.5. The molecule has 4 nitrogen and oxygen atoms in total. The monoisotopic (exact) mass is 250 g/mol. The summed E-state index contributed by atoms with van der Waals surface area (Å²) in [6, 6.07) is 0.795. The highest BCUT2D eigenvalue weighted by Gasteiger charge is 2.24. The van der Waals surface area contributed by atoms with E-state index >= 15 is 0 Å². The molecular weight excluding hydrogens is 231 g/mol. The summed E-state index contributed by atoms with van der Waals surface area (Å²) in [7, 11) is 0. The fourth-order valence-corrected chi connectivity index (χ4v) is 2.43. The van der Waals surface area contributed by atoms with Crippen LogP contribution in [0.4, 0.5) is 10.3 Å². The molecule has 1 saturated heterocycles. The summed E-state index contributed by atoms with van der Waals surface area (Å²) in [5, 5.41) is 3.59. The van der Waals surface area contributed by atoms with Crippen LogP contribution in [0.5, 0.6) is 0 Å². The maximum Gasteiger partial charge on any atom is 0.225 e. The van der Waals surface area contributed by atoms with Gasteiger partial charge in [-0.15, -0.1) is 0 Å². The standard InChI is InChI=1S/C13H19FN4/c14-11-8-16-13(17-9-11)18-5-3-10(4-6-18)7-15-12-1-2-12/h8-10,12,15H,1-7H2. The predicted molar refractivity (Wildman–Crippen MR) is 68.0 cm³/mol. The Labute approximate surface area is 107 Å². The first-order chi connectivity index (χ1) is 8.81. The zero-order valence-electron chi connectivity index (χ0n) is 10.5. The van der Waals surface area contributed by atoms with Gasteiger partial charge in [0.25, 0.3) is 0 Å².